The Morgan fingerprint density at radius 3 is 2.45 bits per heavy atom. The first-order valence-corrected chi connectivity index (χ1v) is 10.8. The molecule has 1 saturated heterocycles. The number of carbonyl (C=O) groups excluding carboxylic acids is 1. The molecular weight excluding hydrogens is 396 g/mol. The summed E-state index contributed by atoms with van der Waals surface area (Å²) in [4.78, 5) is 12.5. The Labute approximate surface area is 170 Å². The minimum Gasteiger partial charge on any atom is -0.379 e. The van der Waals surface area contributed by atoms with E-state index in [2.05, 4.69) is 20.8 Å². The van der Waals surface area contributed by atoms with Crippen molar-refractivity contribution in [3.8, 4) is 0 Å². The number of nitrogens with one attached hydrogen (secondary N) is 1. The first kappa shape index (κ1) is 21.3. The van der Waals surface area contributed by atoms with Crippen LogP contribution in [0.5, 0.6) is 0 Å². The van der Waals surface area contributed by atoms with Crippen LogP contribution in [0.2, 0.25) is 0 Å². The van der Waals surface area contributed by atoms with E-state index in [0.29, 0.717) is 32.1 Å². The molecule has 0 unspecified atom stereocenters. The highest BCUT2D eigenvalue weighted by Crippen LogP contribution is 2.19. The Kier molecular flexibility index (Phi) is 6.30. The van der Waals surface area contributed by atoms with Gasteiger partial charge in [-0.3, -0.25) is 4.79 Å². The lowest BCUT2D eigenvalue weighted by atomic mass is 9.96. The van der Waals surface area contributed by atoms with Crippen LogP contribution in [-0.2, 0) is 38.1 Å². The molecule has 158 valence electrons. The summed E-state index contributed by atoms with van der Waals surface area (Å²) in [5, 5.41) is 14.3. The summed E-state index contributed by atoms with van der Waals surface area (Å²) in [6.07, 6.45) is 0. The summed E-state index contributed by atoms with van der Waals surface area (Å²) in [5.41, 5.74) is 0.526. The summed E-state index contributed by atoms with van der Waals surface area (Å²) in [5.74, 6) is 0.401. The van der Waals surface area contributed by atoms with E-state index in [0.717, 1.165) is 5.56 Å². The van der Waals surface area contributed by atoms with E-state index < -0.39 is 10.0 Å². The Hall–Kier alpha value is -2.37. The van der Waals surface area contributed by atoms with Crippen LogP contribution in [0.15, 0.2) is 29.2 Å². The van der Waals surface area contributed by atoms with Gasteiger partial charge in [0.05, 0.1) is 18.1 Å². The average molecular weight is 423 g/mol. The summed E-state index contributed by atoms with van der Waals surface area (Å²) in [7, 11) is -3.52. The lowest BCUT2D eigenvalue weighted by Gasteiger charge is -2.26. The molecule has 1 aliphatic rings. The fourth-order valence-electron chi connectivity index (χ4n) is 2.96. The number of carbonyl (C=O) groups is 1. The summed E-state index contributed by atoms with van der Waals surface area (Å²) in [6, 6.07) is 6.52. The van der Waals surface area contributed by atoms with Crippen LogP contribution in [0.25, 0.3) is 0 Å². The summed E-state index contributed by atoms with van der Waals surface area (Å²) < 4.78 is 33.4. The zero-order chi connectivity index (χ0) is 21.1. The van der Waals surface area contributed by atoms with E-state index in [4.69, 9.17) is 4.74 Å². The van der Waals surface area contributed by atoms with E-state index in [1.165, 1.54) is 8.99 Å². The third-order valence-electron chi connectivity index (χ3n) is 4.52. The standard InChI is InChI=1S/C18H26N6O4S/c1-18(2,3)17-20-21-22-24(17)13-16(25)19-12-14-4-6-15(7-5-14)29(26,27)23-8-10-28-11-9-23/h4-7H,8-13H2,1-3H3,(H,19,25). The highest BCUT2D eigenvalue weighted by molar-refractivity contribution is 7.89. The number of hydrogen-bond donors (Lipinski definition) is 1. The molecule has 0 radical (unpaired) electrons. The molecule has 10 nitrogen and oxygen atoms in total. The zero-order valence-corrected chi connectivity index (χ0v) is 17.6. The van der Waals surface area contributed by atoms with Crippen LogP contribution in [0, 0.1) is 0 Å². The number of sulfonamides is 1. The maximum atomic E-state index is 12.6. The van der Waals surface area contributed by atoms with E-state index >= 15 is 0 Å². The van der Waals surface area contributed by atoms with Crippen molar-refractivity contribution in [2.75, 3.05) is 26.3 Å². The molecule has 2 heterocycles. The largest absolute Gasteiger partial charge is 0.379 e. The van der Waals surface area contributed by atoms with Crippen molar-refractivity contribution in [2.45, 2.75) is 44.2 Å². The molecule has 3 rings (SSSR count). The van der Waals surface area contributed by atoms with Gasteiger partial charge in [-0.2, -0.15) is 4.31 Å². The zero-order valence-electron chi connectivity index (χ0n) is 16.8. The molecule has 1 aromatic carbocycles. The van der Waals surface area contributed by atoms with Gasteiger partial charge in [-0.1, -0.05) is 32.9 Å². The third kappa shape index (κ3) is 5.17. The first-order chi connectivity index (χ1) is 13.7. The lowest BCUT2D eigenvalue weighted by molar-refractivity contribution is -0.122. The number of nitrogens with zero attached hydrogens (tertiary/aromatic N) is 5. The smallest absolute Gasteiger partial charge is 0.243 e. The van der Waals surface area contributed by atoms with Crippen molar-refractivity contribution >= 4 is 15.9 Å². The number of ether oxygens (including phenoxy) is 1. The first-order valence-electron chi connectivity index (χ1n) is 9.38. The van der Waals surface area contributed by atoms with Crippen molar-refractivity contribution in [1.82, 2.24) is 29.8 Å². The second-order valence-electron chi connectivity index (χ2n) is 7.85. The second kappa shape index (κ2) is 8.56. The topological polar surface area (TPSA) is 119 Å². The van der Waals surface area contributed by atoms with Gasteiger partial charge in [0.15, 0.2) is 5.82 Å². The Morgan fingerprint density at radius 2 is 1.83 bits per heavy atom. The molecule has 0 bridgehead atoms. The molecule has 0 aliphatic carbocycles. The monoisotopic (exact) mass is 422 g/mol. The van der Waals surface area contributed by atoms with Crippen LogP contribution >= 0.6 is 0 Å². The van der Waals surface area contributed by atoms with Crippen molar-refractivity contribution in [2.24, 2.45) is 0 Å². The predicted octanol–water partition coefficient (Wildman–Crippen LogP) is 0.308. The number of amides is 1. The predicted molar refractivity (Wildman–Crippen MR) is 104 cm³/mol. The van der Waals surface area contributed by atoms with Crippen LogP contribution in [0.4, 0.5) is 0 Å². The van der Waals surface area contributed by atoms with Crippen LogP contribution in [-0.4, -0.2) is 65.1 Å². The van der Waals surface area contributed by atoms with E-state index in [1.54, 1.807) is 24.3 Å². The van der Waals surface area contributed by atoms with Gasteiger partial charge in [0.2, 0.25) is 15.9 Å². The molecule has 0 saturated carbocycles. The fourth-order valence-corrected chi connectivity index (χ4v) is 4.36. The van der Waals surface area contributed by atoms with E-state index in [1.807, 2.05) is 20.8 Å². The molecule has 1 N–H and O–H groups in total. The van der Waals surface area contributed by atoms with Gasteiger partial charge >= 0.3 is 0 Å². The van der Waals surface area contributed by atoms with Gasteiger partial charge in [0.1, 0.15) is 6.54 Å². The molecule has 29 heavy (non-hydrogen) atoms. The van der Waals surface area contributed by atoms with Crippen molar-refractivity contribution in [3.05, 3.63) is 35.7 Å². The van der Waals surface area contributed by atoms with Crippen LogP contribution in [0.1, 0.15) is 32.2 Å². The fraction of sp³-hybridized carbons (Fsp3) is 0.556. The Morgan fingerprint density at radius 1 is 1.17 bits per heavy atom. The maximum absolute atomic E-state index is 12.6. The maximum Gasteiger partial charge on any atom is 0.243 e. The molecular formula is C18H26N6O4S. The summed E-state index contributed by atoms with van der Waals surface area (Å²) >= 11 is 0. The normalized spacial score (nSPS) is 16.0. The molecule has 0 atom stereocenters. The molecule has 1 aromatic heterocycles. The highest BCUT2D eigenvalue weighted by atomic mass is 32.2. The molecule has 1 aliphatic heterocycles. The van der Waals surface area contributed by atoms with Crippen molar-refractivity contribution in [1.29, 1.82) is 0 Å². The minimum absolute atomic E-state index is 0.0170. The molecule has 1 fully saturated rings. The summed E-state index contributed by atoms with van der Waals surface area (Å²) in [6.45, 7) is 7.73. The van der Waals surface area contributed by atoms with E-state index in [-0.39, 0.29) is 29.3 Å². The lowest BCUT2D eigenvalue weighted by Crippen LogP contribution is -2.40. The number of aromatic nitrogens is 4. The van der Waals surface area contributed by atoms with Gasteiger partial charge in [-0.05, 0) is 28.1 Å². The second-order valence-corrected chi connectivity index (χ2v) is 9.79. The van der Waals surface area contributed by atoms with Gasteiger partial charge in [0.25, 0.3) is 0 Å². The van der Waals surface area contributed by atoms with Crippen LogP contribution in [0.3, 0.4) is 0 Å². The molecule has 2 aromatic rings. The van der Waals surface area contributed by atoms with Crippen molar-refractivity contribution < 1.29 is 17.9 Å². The molecule has 1 amide bonds. The van der Waals surface area contributed by atoms with Crippen molar-refractivity contribution in [3.63, 3.8) is 0 Å². The van der Waals surface area contributed by atoms with Gasteiger partial charge in [0, 0.05) is 25.0 Å². The minimum atomic E-state index is -3.52. The number of morpholine rings is 1. The number of benzene rings is 1. The number of hydrogen-bond acceptors (Lipinski definition) is 7. The third-order valence-corrected chi connectivity index (χ3v) is 6.43. The molecule has 0 spiro atoms. The van der Waals surface area contributed by atoms with Gasteiger partial charge in [-0.25, -0.2) is 13.1 Å². The average Bonchev–Trinajstić information content (AvgIpc) is 3.16. The number of tetrazole rings is 1. The highest BCUT2D eigenvalue weighted by Gasteiger charge is 2.26. The van der Waals surface area contributed by atoms with E-state index in [9.17, 15) is 13.2 Å². The Balaban J connectivity index is 1.58. The SMILES string of the molecule is CC(C)(C)c1nnnn1CC(=O)NCc1ccc(S(=O)(=O)N2CCOCC2)cc1. The number of rotatable bonds is 6. The van der Waals surface area contributed by atoms with Crippen LogP contribution < -0.4 is 5.32 Å². The Bertz CT molecular complexity index is 943. The van der Waals surface area contributed by atoms with Gasteiger partial charge in [-0.15, -0.1) is 5.10 Å². The molecule has 11 heteroatoms. The van der Waals surface area contributed by atoms with Gasteiger partial charge < -0.3 is 10.1 Å². The quantitative estimate of drug-likeness (QED) is 0.711.